The first-order chi connectivity index (χ1) is 22.9. The van der Waals surface area contributed by atoms with E-state index >= 15 is 0 Å². The van der Waals surface area contributed by atoms with E-state index in [2.05, 4.69) is 20.9 Å². The van der Waals surface area contributed by atoms with E-state index in [1.807, 2.05) is 48.5 Å². The van der Waals surface area contributed by atoms with Crippen LogP contribution in [0.1, 0.15) is 44.7 Å². The van der Waals surface area contributed by atoms with Gasteiger partial charge in [-0.05, 0) is 72.5 Å². The summed E-state index contributed by atoms with van der Waals surface area (Å²) in [4.78, 5) is 73.2. The second-order valence-corrected chi connectivity index (χ2v) is 12.0. The number of para-hydroxylation sites is 2. The van der Waals surface area contributed by atoms with Crippen molar-refractivity contribution in [2.24, 2.45) is 11.8 Å². The van der Waals surface area contributed by atoms with Gasteiger partial charge in [0.25, 0.3) is 11.8 Å². The van der Waals surface area contributed by atoms with Crippen LogP contribution in [0.5, 0.6) is 0 Å². The highest BCUT2D eigenvalue weighted by atomic mass is 16.2. The number of urea groups is 1. The first-order valence-corrected chi connectivity index (χ1v) is 15.5. The molecule has 0 radical (unpaired) electrons. The summed E-state index contributed by atoms with van der Waals surface area (Å²) in [5, 5.41) is 9.15. The Morgan fingerprint density at radius 2 is 1.47 bits per heavy atom. The van der Waals surface area contributed by atoms with Gasteiger partial charge in [-0.15, -0.1) is 0 Å². The van der Waals surface area contributed by atoms with Gasteiger partial charge >= 0.3 is 6.03 Å². The zero-order valence-electron chi connectivity index (χ0n) is 25.4. The molecule has 11 heteroatoms. The third-order valence-electron chi connectivity index (χ3n) is 9.10. The Morgan fingerprint density at radius 1 is 0.787 bits per heavy atom. The van der Waals surface area contributed by atoms with Gasteiger partial charge in [0.15, 0.2) is 5.78 Å². The summed E-state index contributed by atoms with van der Waals surface area (Å²) in [6.07, 6.45) is 4.40. The minimum absolute atomic E-state index is 0.191. The molecule has 5 amide bonds. The third kappa shape index (κ3) is 5.83. The van der Waals surface area contributed by atoms with Crippen molar-refractivity contribution in [2.75, 3.05) is 22.1 Å². The highest BCUT2D eigenvalue weighted by molar-refractivity contribution is 6.22. The summed E-state index contributed by atoms with van der Waals surface area (Å²) in [5.74, 6) is -2.79. The maximum Gasteiger partial charge on any atom is 0.319 e. The van der Waals surface area contributed by atoms with E-state index in [0.717, 1.165) is 21.7 Å². The number of fused-ring (bicyclic) bond motifs is 3. The van der Waals surface area contributed by atoms with Crippen molar-refractivity contribution < 1.29 is 24.0 Å². The lowest BCUT2D eigenvalue weighted by atomic mass is 9.88. The van der Waals surface area contributed by atoms with Crippen LogP contribution in [0.3, 0.4) is 0 Å². The smallest absolute Gasteiger partial charge is 0.319 e. The molecule has 236 valence electrons. The Balaban J connectivity index is 1.06. The fourth-order valence-electron chi connectivity index (χ4n) is 6.75. The molecule has 0 saturated heterocycles. The van der Waals surface area contributed by atoms with Gasteiger partial charge in [-0.1, -0.05) is 36.4 Å². The molecular formula is C36H32N6O5. The summed E-state index contributed by atoms with van der Waals surface area (Å²) in [7, 11) is 0. The number of imide groups is 1. The molecule has 1 saturated carbocycles. The minimum atomic E-state index is -0.671. The highest BCUT2D eigenvalue weighted by Gasteiger charge is 2.49. The lowest BCUT2D eigenvalue weighted by Gasteiger charge is -2.28. The SMILES string of the molecule is O=C(NCc1ccncc1)Nc1ccc(CN2C(=O)C3C(CCC3C(=O)CN3C(=O)c4ccccc4C3=O)Nc3ccccc32)cc1. The maximum atomic E-state index is 14.4. The largest absolute Gasteiger partial charge is 0.380 e. The molecular weight excluding hydrogens is 596 g/mol. The fraction of sp³-hybridized carbons (Fsp3) is 0.222. The van der Waals surface area contributed by atoms with Gasteiger partial charge in [0.1, 0.15) is 0 Å². The maximum absolute atomic E-state index is 14.4. The molecule has 3 unspecified atom stereocenters. The number of hydrogen-bond donors (Lipinski definition) is 3. The van der Waals surface area contributed by atoms with Crippen molar-refractivity contribution in [1.29, 1.82) is 0 Å². The fourth-order valence-corrected chi connectivity index (χ4v) is 6.75. The molecule has 1 aliphatic carbocycles. The number of nitrogens with zero attached hydrogens (tertiary/aromatic N) is 3. The number of benzene rings is 3. The van der Waals surface area contributed by atoms with Crippen LogP contribution in [-0.4, -0.2) is 52.0 Å². The molecule has 3 atom stereocenters. The predicted molar refractivity (Wildman–Crippen MR) is 175 cm³/mol. The summed E-state index contributed by atoms with van der Waals surface area (Å²) >= 11 is 0. The Hall–Kier alpha value is -5.84. The number of nitrogens with one attached hydrogen (secondary N) is 3. The number of ketones is 1. The minimum Gasteiger partial charge on any atom is -0.380 e. The number of carbonyl (C=O) groups is 5. The van der Waals surface area contributed by atoms with Crippen LogP contribution in [-0.2, 0) is 22.7 Å². The number of pyridine rings is 1. The van der Waals surface area contributed by atoms with Gasteiger partial charge in [0, 0.05) is 36.6 Å². The van der Waals surface area contributed by atoms with E-state index in [1.54, 1.807) is 53.7 Å². The lowest BCUT2D eigenvalue weighted by molar-refractivity contribution is -0.131. The van der Waals surface area contributed by atoms with Gasteiger partial charge in [-0.2, -0.15) is 0 Å². The molecule has 0 spiro atoms. The van der Waals surface area contributed by atoms with E-state index in [9.17, 15) is 24.0 Å². The number of anilines is 3. The molecule has 2 aliphatic heterocycles. The Morgan fingerprint density at radius 3 is 2.19 bits per heavy atom. The average molecular weight is 629 g/mol. The van der Waals surface area contributed by atoms with Crippen molar-refractivity contribution in [3.05, 3.63) is 120 Å². The van der Waals surface area contributed by atoms with Crippen LogP contribution in [0, 0.1) is 11.8 Å². The number of rotatable bonds is 8. The van der Waals surface area contributed by atoms with Crippen LogP contribution in [0.15, 0.2) is 97.3 Å². The molecule has 4 aromatic rings. The quantitative estimate of drug-likeness (QED) is 0.242. The molecule has 1 fully saturated rings. The van der Waals surface area contributed by atoms with Crippen molar-refractivity contribution in [1.82, 2.24) is 15.2 Å². The zero-order chi connectivity index (χ0) is 32.5. The molecule has 1 aromatic heterocycles. The van der Waals surface area contributed by atoms with Gasteiger partial charge < -0.3 is 20.9 Å². The van der Waals surface area contributed by atoms with Crippen molar-refractivity contribution in [3.63, 3.8) is 0 Å². The molecule has 3 N–H and O–H groups in total. The summed E-state index contributed by atoms with van der Waals surface area (Å²) in [5.41, 5.74) is 4.44. The van der Waals surface area contributed by atoms with Crippen LogP contribution in [0.4, 0.5) is 21.9 Å². The normalized spacial score (nSPS) is 19.7. The van der Waals surface area contributed by atoms with Crippen molar-refractivity contribution in [3.8, 4) is 0 Å². The first kappa shape index (κ1) is 29.8. The molecule has 47 heavy (non-hydrogen) atoms. The third-order valence-corrected chi connectivity index (χ3v) is 9.10. The summed E-state index contributed by atoms with van der Waals surface area (Å²) in [6.45, 7) is 0.237. The average Bonchev–Trinajstić information content (AvgIpc) is 3.58. The van der Waals surface area contributed by atoms with Gasteiger partial charge in [0.05, 0.1) is 41.5 Å². The van der Waals surface area contributed by atoms with E-state index < -0.39 is 23.7 Å². The van der Waals surface area contributed by atoms with E-state index in [4.69, 9.17) is 0 Å². The van der Waals surface area contributed by atoms with E-state index in [1.165, 1.54) is 0 Å². The zero-order valence-corrected chi connectivity index (χ0v) is 25.4. The Bertz CT molecular complexity index is 1840. The lowest BCUT2D eigenvalue weighted by Crippen LogP contribution is -2.45. The molecule has 3 heterocycles. The van der Waals surface area contributed by atoms with Crippen LogP contribution in [0.25, 0.3) is 0 Å². The van der Waals surface area contributed by atoms with Crippen molar-refractivity contribution >= 4 is 46.6 Å². The molecule has 11 nitrogen and oxygen atoms in total. The predicted octanol–water partition coefficient (Wildman–Crippen LogP) is 4.62. The van der Waals surface area contributed by atoms with Crippen LogP contribution < -0.4 is 20.9 Å². The molecule has 7 rings (SSSR count). The number of amides is 5. The highest BCUT2D eigenvalue weighted by Crippen LogP contribution is 2.43. The van der Waals surface area contributed by atoms with Crippen molar-refractivity contribution in [2.45, 2.75) is 32.0 Å². The number of aromatic nitrogens is 1. The molecule has 3 aliphatic rings. The van der Waals surface area contributed by atoms with E-state index in [0.29, 0.717) is 30.8 Å². The topological polar surface area (TPSA) is 141 Å². The standard InChI is InChI=1S/C36H32N6O5/c43-31(21-42-33(44)25-5-1-2-6-26(25)34(42)45)27-13-14-29-32(27)35(46)41(30-8-4-3-7-28(30)40-29)20-23-9-11-24(12-10-23)39-36(47)38-19-22-15-17-37-18-16-22/h1-12,15-18,27,29,32,40H,13-14,19-21H2,(H2,38,39,47). The summed E-state index contributed by atoms with van der Waals surface area (Å²) in [6, 6.07) is 24.4. The number of carbonyl (C=O) groups excluding carboxylic acids is 5. The Kier molecular flexibility index (Phi) is 7.95. The monoisotopic (exact) mass is 628 g/mol. The van der Waals surface area contributed by atoms with Gasteiger partial charge in [0.2, 0.25) is 5.91 Å². The molecule has 0 bridgehead atoms. The van der Waals surface area contributed by atoms with Gasteiger partial charge in [-0.25, -0.2) is 4.79 Å². The first-order valence-electron chi connectivity index (χ1n) is 15.5. The second-order valence-electron chi connectivity index (χ2n) is 12.0. The Labute approximate surface area is 271 Å². The summed E-state index contributed by atoms with van der Waals surface area (Å²) < 4.78 is 0. The van der Waals surface area contributed by atoms with Crippen LogP contribution in [0.2, 0.25) is 0 Å². The number of hydrogen-bond acceptors (Lipinski definition) is 7. The van der Waals surface area contributed by atoms with Gasteiger partial charge in [-0.3, -0.25) is 29.1 Å². The number of Topliss-reactive ketones (excluding diaryl/α,β-unsaturated/α-hetero) is 1. The van der Waals surface area contributed by atoms with Crippen LogP contribution >= 0.6 is 0 Å². The second kappa shape index (κ2) is 12.5. The van der Waals surface area contributed by atoms with E-state index in [-0.39, 0.29) is 48.0 Å². The molecule has 3 aromatic carbocycles.